The first-order chi connectivity index (χ1) is 6.38. The van der Waals surface area contributed by atoms with Crippen molar-refractivity contribution in [2.24, 2.45) is 0 Å². The van der Waals surface area contributed by atoms with Crippen molar-refractivity contribution in [3.63, 3.8) is 0 Å². The van der Waals surface area contributed by atoms with E-state index in [-0.39, 0.29) is 0 Å². The van der Waals surface area contributed by atoms with Crippen LogP contribution in [-0.2, 0) is 0 Å². The third kappa shape index (κ3) is 1.57. The molecule has 4 nitrogen and oxygen atoms in total. The highest BCUT2D eigenvalue weighted by molar-refractivity contribution is 5.19. The molecule has 4 heteroatoms. The number of hydrogen-bond donors (Lipinski definition) is 1. The first kappa shape index (κ1) is 7.94. The lowest BCUT2D eigenvalue weighted by molar-refractivity contribution is 0.214. The zero-order chi connectivity index (χ0) is 9.10. The number of pyridine rings is 1. The van der Waals surface area contributed by atoms with E-state index >= 15 is 0 Å². The molecule has 2 aromatic rings. The number of rotatable bonds is 2. The van der Waals surface area contributed by atoms with Crippen LogP contribution in [-0.4, -0.2) is 15.1 Å². The van der Waals surface area contributed by atoms with Crippen LogP contribution in [0.4, 0.5) is 0 Å². The van der Waals surface area contributed by atoms with Crippen molar-refractivity contribution in [2.45, 2.75) is 6.10 Å². The second kappa shape index (κ2) is 3.37. The Hall–Kier alpha value is -1.68. The zero-order valence-electron chi connectivity index (χ0n) is 6.79. The van der Waals surface area contributed by atoms with Crippen molar-refractivity contribution < 1.29 is 9.52 Å². The molecule has 0 radical (unpaired) electrons. The fourth-order valence-corrected chi connectivity index (χ4v) is 1.07. The van der Waals surface area contributed by atoms with Crippen molar-refractivity contribution in [3.8, 4) is 0 Å². The van der Waals surface area contributed by atoms with E-state index in [4.69, 9.17) is 4.42 Å². The summed E-state index contributed by atoms with van der Waals surface area (Å²) in [7, 11) is 0. The van der Waals surface area contributed by atoms with Gasteiger partial charge >= 0.3 is 0 Å². The quantitative estimate of drug-likeness (QED) is 0.745. The van der Waals surface area contributed by atoms with E-state index in [1.54, 1.807) is 24.5 Å². The molecule has 1 atom stereocenters. The summed E-state index contributed by atoms with van der Waals surface area (Å²) < 4.78 is 4.77. The van der Waals surface area contributed by atoms with E-state index < -0.39 is 6.10 Å². The molecule has 0 amide bonds. The third-order valence-corrected chi connectivity index (χ3v) is 1.73. The molecular formula is C9H8N2O2. The Bertz CT molecular complexity index is 358. The number of aliphatic hydroxyl groups excluding tert-OH is 1. The van der Waals surface area contributed by atoms with Gasteiger partial charge in [0.1, 0.15) is 18.1 Å². The predicted octanol–water partition coefficient (Wildman–Crippen LogP) is 1.15. The molecule has 2 rings (SSSR count). The van der Waals surface area contributed by atoms with Crippen molar-refractivity contribution in [3.05, 3.63) is 48.4 Å². The van der Waals surface area contributed by atoms with E-state index in [1.165, 1.54) is 12.7 Å². The predicted molar refractivity (Wildman–Crippen MR) is 44.8 cm³/mol. The molecular weight excluding hydrogens is 168 g/mol. The van der Waals surface area contributed by atoms with Crippen LogP contribution in [0.5, 0.6) is 0 Å². The second-order valence-corrected chi connectivity index (χ2v) is 2.60. The molecule has 1 unspecified atom stereocenters. The molecule has 0 saturated carbocycles. The summed E-state index contributed by atoms with van der Waals surface area (Å²) in [4.78, 5) is 7.75. The molecule has 0 fully saturated rings. The molecule has 2 aromatic heterocycles. The van der Waals surface area contributed by atoms with Crippen LogP contribution in [0.3, 0.4) is 0 Å². The molecule has 0 spiro atoms. The first-order valence-corrected chi connectivity index (χ1v) is 3.84. The summed E-state index contributed by atoms with van der Waals surface area (Å²) in [5.74, 6) is 0. The number of hydrogen-bond acceptors (Lipinski definition) is 4. The first-order valence-electron chi connectivity index (χ1n) is 3.84. The summed E-state index contributed by atoms with van der Waals surface area (Å²) in [6.07, 6.45) is 5.19. The highest BCUT2D eigenvalue weighted by Crippen LogP contribution is 2.18. The molecule has 66 valence electrons. The van der Waals surface area contributed by atoms with Gasteiger partial charge in [0.05, 0.1) is 0 Å². The molecule has 13 heavy (non-hydrogen) atoms. The van der Waals surface area contributed by atoms with Crippen molar-refractivity contribution in [1.29, 1.82) is 0 Å². The highest BCUT2D eigenvalue weighted by Gasteiger charge is 2.12. The summed E-state index contributed by atoms with van der Waals surface area (Å²) in [6.45, 7) is 0. The van der Waals surface area contributed by atoms with Gasteiger partial charge in [-0.05, 0) is 6.07 Å². The van der Waals surface area contributed by atoms with Crippen LogP contribution in [0.2, 0.25) is 0 Å². The minimum atomic E-state index is -0.757. The Balaban J connectivity index is 2.29. The summed E-state index contributed by atoms with van der Waals surface area (Å²) >= 11 is 0. The zero-order valence-corrected chi connectivity index (χ0v) is 6.79. The topological polar surface area (TPSA) is 59.2 Å². The average Bonchev–Trinajstić information content (AvgIpc) is 2.71. The number of aliphatic hydroxyl groups is 1. The van der Waals surface area contributed by atoms with Crippen LogP contribution in [0.15, 0.2) is 41.6 Å². The summed E-state index contributed by atoms with van der Waals surface area (Å²) in [6, 6.07) is 3.55. The smallest absolute Gasteiger partial charge is 0.180 e. The van der Waals surface area contributed by atoms with Crippen LogP contribution < -0.4 is 0 Å². The van der Waals surface area contributed by atoms with Gasteiger partial charge in [0.2, 0.25) is 0 Å². The van der Waals surface area contributed by atoms with Gasteiger partial charge in [0.15, 0.2) is 6.39 Å². The summed E-state index contributed by atoms with van der Waals surface area (Å²) in [5.41, 5.74) is 1.20. The number of oxazole rings is 1. The van der Waals surface area contributed by atoms with Crippen molar-refractivity contribution in [1.82, 2.24) is 9.97 Å². The minimum absolute atomic E-state index is 0.494. The van der Waals surface area contributed by atoms with Gasteiger partial charge in [0.25, 0.3) is 0 Å². The Labute approximate surface area is 74.9 Å². The second-order valence-electron chi connectivity index (χ2n) is 2.60. The van der Waals surface area contributed by atoms with Gasteiger partial charge in [-0.25, -0.2) is 4.98 Å². The van der Waals surface area contributed by atoms with Gasteiger partial charge in [-0.2, -0.15) is 0 Å². The van der Waals surface area contributed by atoms with Gasteiger partial charge < -0.3 is 9.52 Å². The minimum Gasteiger partial charge on any atom is -0.451 e. The Morgan fingerprint density at radius 3 is 3.00 bits per heavy atom. The van der Waals surface area contributed by atoms with Crippen LogP contribution in [0.1, 0.15) is 17.4 Å². The Morgan fingerprint density at radius 2 is 2.38 bits per heavy atom. The average molecular weight is 176 g/mol. The van der Waals surface area contributed by atoms with Crippen LogP contribution in [0.25, 0.3) is 0 Å². The van der Waals surface area contributed by atoms with Gasteiger partial charge in [0, 0.05) is 18.0 Å². The molecule has 0 bridgehead atoms. The lowest BCUT2D eigenvalue weighted by atomic mass is 10.1. The molecule has 0 aliphatic carbocycles. The molecule has 0 aromatic carbocycles. The summed E-state index contributed by atoms with van der Waals surface area (Å²) in [5, 5.41) is 9.72. The molecule has 1 N–H and O–H groups in total. The molecule has 2 heterocycles. The monoisotopic (exact) mass is 176 g/mol. The number of aromatic nitrogens is 2. The van der Waals surface area contributed by atoms with E-state index in [1.807, 2.05) is 0 Å². The van der Waals surface area contributed by atoms with Gasteiger partial charge in [-0.1, -0.05) is 6.07 Å². The Kier molecular flexibility index (Phi) is 2.06. The maximum atomic E-state index is 9.72. The standard InChI is InChI=1S/C9H8N2O2/c12-9(8-5-13-6-11-8)7-2-1-3-10-4-7/h1-6,9,12H. The van der Waals surface area contributed by atoms with E-state index in [9.17, 15) is 5.11 Å². The third-order valence-electron chi connectivity index (χ3n) is 1.73. The molecule has 0 aliphatic rings. The lowest BCUT2D eigenvalue weighted by Gasteiger charge is -2.05. The van der Waals surface area contributed by atoms with Crippen molar-refractivity contribution >= 4 is 0 Å². The Morgan fingerprint density at radius 1 is 1.46 bits per heavy atom. The van der Waals surface area contributed by atoms with Gasteiger partial charge in [-0.3, -0.25) is 4.98 Å². The van der Waals surface area contributed by atoms with Crippen molar-refractivity contribution in [2.75, 3.05) is 0 Å². The van der Waals surface area contributed by atoms with E-state index in [0.717, 1.165) is 0 Å². The van der Waals surface area contributed by atoms with E-state index in [2.05, 4.69) is 9.97 Å². The largest absolute Gasteiger partial charge is 0.451 e. The fraction of sp³-hybridized carbons (Fsp3) is 0.111. The fourth-order valence-electron chi connectivity index (χ4n) is 1.07. The lowest BCUT2D eigenvalue weighted by Crippen LogP contribution is -1.99. The molecule has 0 aliphatic heterocycles. The maximum absolute atomic E-state index is 9.72. The molecule has 0 saturated heterocycles. The number of nitrogens with zero attached hydrogens (tertiary/aromatic N) is 2. The van der Waals surface area contributed by atoms with Crippen LogP contribution >= 0.6 is 0 Å². The van der Waals surface area contributed by atoms with E-state index in [0.29, 0.717) is 11.3 Å². The highest BCUT2D eigenvalue weighted by atomic mass is 16.3. The maximum Gasteiger partial charge on any atom is 0.180 e. The normalized spacial score (nSPS) is 12.7. The van der Waals surface area contributed by atoms with Gasteiger partial charge in [-0.15, -0.1) is 0 Å². The SMILES string of the molecule is OC(c1cccnc1)c1cocn1. The van der Waals surface area contributed by atoms with Crippen LogP contribution in [0, 0.1) is 0 Å².